The highest BCUT2D eigenvalue weighted by molar-refractivity contribution is 4.94. The van der Waals surface area contributed by atoms with Crippen LogP contribution in [0, 0.1) is 0 Å². The number of rotatable bonds is 6. The van der Waals surface area contributed by atoms with Gasteiger partial charge < -0.3 is 9.88 Å². The van der Waals surface area contributed by atoms with Crippen LogP contribution in [-0.2, 0) is 13.5 Å². The van der Waals surface area contributed by atoms with Crippen LogP contribution in [0.1, 0.15) is 18.7 Å². The van der Waals surface area contributed by atoms with E-state index in [1.165, 1.54) is 0 Å². The number of hydrogen-bond acceptors (Lipinski definition) is 2. The molecular weight excluding hydrogens is 174 g/mol. The average Bonchev–Trinajstić information content (AvgIpc) is 2.58. The van der Waals surface area contributed by atoms with E-state index >= 15 is 0 Å². The summed E-state index contributed by atoms with van der Waals surface area (Å²) in [6.45, 7) is 1.05. The van der Waals surface area contributed by atoms with Crippen molar-refractivity contribution in [2.75, 3.05) is 13.6 Å². The molecule has 0 unspecified atom stereocenters. The van der Waals surface area contributed by atoms with Gasteiger partial charge in [0.25, 0.3) is 0 Å². The molecule has 0 aliphatic heterocycles. The summed E-state index contributed by atoms with van der Waals surface area (Å²) in [6.07, 6.45) is 11.5. The molecule has 0 aliphatic carbocycles. The lowest BCUT2D eigenvalue weighted by atomic mass is 10.2. The maximum atomic E-state index is 4.27. The zero-order chi connectivity index (χ0) is 10.2. The van der Waals surface area contributed by atoms with Crippen LogP contribution in [0.4, 0.5) is 0 Å². The lowest BCUT2D eigenvalue weighted by molar-refractivity contribution is 0.775. The summed E-state index contributed by atoms with van der Waals surface area (Å²) in [5, 5.41) is 3.11. The molecule has 0 fully saturated rings. The second kappa shape index (κ2) is 6.38. The van der Waals surface area contributed by atoms with Crippen LogP contribution >= 0.6 is 0 Å². The van der Waals surface area contributed by atoms with Crippen molar-refractivity contribution in [3.63, 3.8) is 0 Å². The fourth-order valence-electron chi connectivity index (χ4n) is 1.31. The number of aryl methyl sites for hydroxylation is 2. The van der Waals surface area contributed by atoms with E-state index in [0.717, 1.165) is 31.6 Å². The largest absolute Gasteiger partial charge is 0.338 e. The summed E-state index contributed by atoms with van der Waals surface area (Å²) in [7, 11) is 4.01. The molecule has 0 aliphatic rings. The van der Waals surface area contributed by atoms with Crippen molar-refractivity contribution in [2.24, 2.45) is 7.05 Å². The van der Waals surface area contributed by atoms with E-state index in [2.05, 4.69) is 27.0 Å². The molecular formula is C11H19N3. The molecule has 0 atom stereocenters. The van der Waals surface area contributed by atoms with Gasteiger partial charge >= 0.3 is 0 Å². The van der Waals surface area contributed by atoms with E-state index in [0.29, 0.717) is 0 Å². The number of imidazole rings is 1. The molecule has 0 spiro atoms. The quantitative estimate of drug-likeness (QED) is 0.548. The van der Waals surface area contributed by atoms with E-state index in [9.17, 15) is 0 Å². The van der Waals surface area contributed by atoms with Crippen LogP contribution in [0.2, 0.25) is 0 Å². The minimum Gasteiger partial charge on any atom is -0.338 e. The van der Waals surface area contributed by atoms with Crippen molar-refractivity contribution in [1.82, 2.24) is 14.9 Å². The number of allylic oxidation sites excluding steroid dienone is 1. The van der Waals surface area contributed by atoms with Gasteiger partial charge in [-0.25, -0.2) is 4.98 Å². The molecule has 14 heavy (non-hydrogen) atoms. The van der Waals surface area contributed by atoms with Crippen LogP contribution in [0.3, 0.4) is 0 Å². The number of hydrogen-bond donors (Lipinski definition) is 1. The lowest BCUT2D eigenvalue weighted by Crippen LogP contribution is -2.05. The fraction of sp³-hybridized carbons (Fsp3) is 0.545. The van der Waals surface area contributed by atoms with Crippen molar-refractivity contribution in [3.8, 4) is 0 Å². The number of nitrogens with one attached hydrogen (secondary N) is 1. The first-order valence-corrected chi connectivity index (χ1v) is 5.10. The molecule has 0 amide bonds. The molecule has 1 aromatic heterocycles. The Labute approximate surface area is 85.8 Å². The molecule has 78 valence electrons. The summed E-state index contributed by atoms with van der Waals surface area (Å²) in [6, 6.07) is 0. The van der Waals surface area contributed by atoms with Gasteiger partial charge in [0.05, 0.1) is 0 Å². The third-order valence-corrected chi connectivity index (χ3v) is 2.18. The van der Waals surface area contributed by atoms with Crippen molar-refractivity contribution in [2.45, 2.75) is 19.3 Å². The molecule has 1 rings (SSSR count). The Hall–Kier alpha value is -1.09. The topological polar surface area (TPSA) is 29.9 Å². The van der Waals surface area contributed by atoms with Crippen molar-refractivity contribution in [3.05, 3.63) is 30.4 Å². The Balaban J connectivity index is 2.15. The lowest BCUT2D eigenvalue weighted by Gasteiger charge is -1.97. The molecule has 1 heterocycles. The van der Waals surface area contributed by atoms with E-state index in [1.807, 2.05) is 26.5 Å². The third-order valence-electron chi connectivity index (χ3n) is 2.18. The minimum absolute atomic E-state index is 1.03. The van der Waals surface area contributed by atoms with Gasteiger partial charge in [0.1, 0.15) is 5.82 Å². The maximum Gasteiger partial charge on any atom is 0.108 e. The minimum atomic E-state index is 1.03. The molecule has 0 saturated carbocycles. The van der Waals surface area contributed by atoms with Gasteiger partial charge in [0.15, 0.2) is 0 Å². The van der Waals surface area contributed by atoms with Crippen molar-refractivity contribution >= 4 is 0 Å². The van der Waals surface area contributed by atoms with Gasteiger partial charge in [0.2, 0.25) is 0 Å². The predicted octanol–water partition coefficient (Wildman–Crippen LogP) is 1.52. The molecule has 0 saturated heterocycles. The smallest absolute Gasteiger partial charge is 0.108 e. The standard InChI is InChI=1S/C11H19N3/c1-12-8-6-4-3-5-7-11-13-9-10-14(11)2/h3-4,9-10,12H,5-8H2,1-2H3/b4-3+. The van der Waals surface area contributed by atoms with Crippen LogP contribution in [-0.4, -0.2) is 23.1 Å². The highest BCUT2D eigenvalue weighted by atomic mass is 15.0. The zero-order valence-corrected chi connectivity index (χ0v) is 9.03. The maximum absolute atomic E-state index is 4.27. The van der Waals surface area contributed by atoms with Crippen molar-refractivity contribution < 1.29 is 0 Å². The summed E-state index contributed by atoms with van der Waals surface area (Å²) >= 11 is 0. The molecule has 3 nitrogen and oxygen atoms in total. The first kappa shape index (κ1) is 11.0. The van der Waals surface area contributed by atoms with Gasteiger partial charge in [-0.05, 0) is 26.4 Å². The SMILES string of the molecule is CNCC/C=C/CCc1nccn1C. The van der Waals surface area contributed by atoms with Gasteiger partial charge in [-0.2, -0.15) is 0 Å². The average molecular weight is 193 g/mol. The fourth-order valence-corrected chi connectivity index (χ4v) is 1.31. The third kappa shape index (κ3) is 3.75. The molecule has 1 aromatic rings. The highest BCUT2D eigenvalue weighted by Crippen LogP contribution is 1.99. The zero-order valence-electron chi connectivity index (χ0n) is 9.03. The highest BCUT2D eigenvalue weighted by Gasteiger charge is 1.95. The summed E-state index contributed by atoms with van der Waals surface area (Å²) in [4.78, 5) is 4.27. The summed E-state index contributed by atoms with van der Waals surface area (Å²) < 4.78 is 2.07. The molecule has 1 N–H and O–H groups in total. The van der Waals surface area contributed by atoms with E-state index < -0.39 is 0 Å². The van der Waals surface area contributed by atoms with Gasteiger partial charge in [-0.15, -0.1) is 0 Å². The molecule has 3 heteroatoms. The second-order valence-corrected chi connectivity index (χ2v) is 3.36. The van der Waals surface area contributed by atoms with Crippen LogP contribution in [0.15, 0.2) is 24.5 Å². The van der Waals surface area contributed by atoms with Gasteiger partial charge in [-0.3, -0.25) is 0 Å². The van der Waals surface area contributed by atoms with Gasteiger partial charge in [0, 0.05) is 25.9 Å². The van der Waals surface area contributed by atoms with Gasteiger partial charge in [-0.1, -0.05) is 12.2 Å². The first-order valence-electron chi connectivity index (χ1n) is 5.10. The molecule has 0 bridgehead atoms. The monoisotopic (exact) mass is 193 g/mol. The summed E-state index contributed by atoms with van der Waals surface area (Å²) in [5.74, 6) is 1.16. The normalized spacial score (nSPS) is 11.3. The van der Waals surface area contributed by atoms with Crippen molar-refractivity contribution in [1.29, 1.82) is 0 Å². The Morgan fingerprint density at radius 1 is 1.43 bits per heavy atom. The van der Waals surface area contributed by atoms with Crippen LogP contribution in [0.5, 0.6) is 0 Å². The van der Waals surface area contributed by atoms with E-state index in [4.69, 9.17) is 0 Å². The van der Waals surface area contributed by atoms with E-state index in [1.54, 1.807) is 0 Å². The second-order valence-electron chi connectivity index (χ2n) is 3.36. The number of nitrogens with zero attached hydrogens (tertiary/aromatic N) is 2. The van der Waals surface area contributed by atoms with E-state index in [-0.39, 0.29) is 0 Å². The molecule has 0 aromatic carbocycles. The Morgan fingerprint density at radius 2 is 2.21 bits per heavy atom. The van der Waals surface area contributed by atoms with Crippen LogP contribution in [0.25, 0.3) is 0 Å². The predicted molar refractivity (Wildman–Crippen MR) is 59.2 cm³/mol. The Morgan fingerprint density at radius 3 is 2.86 bits per heavy atom. The number of aromatic nitrogens is 2. The summed E-state index contributed by atoms with van der Waals surface area (Å²) in [5.41, 5.74) is 0. The Kier molecular flexibility index (Phi) is 5.00. The first-order chi connectivity index (χ1) is 6.84. The molecule has 0 radical (unpaired) electrons. The Bertz CT molecular complexity index is 276. The van der Waals surface area contributed by atoms with Crippen LogP contribution < -0.4 is 5.32 Å².